The van der Waals surface area contributed by atoms with E-state index in [-0.39, 0.29) is 12.1 Å². The van der Waals surface area contributed by atoms with E-state index in [0.29, 0.717) is 10.8 Å². The molecule has 0 radical (unpaired) electrons. The van der Waals surface area contributed by atoms with Gasteiger partial charge in [-0.2, -0.15) is 0 Å². The largest absolute Gasteiger partial charge is 0.351 e. The number of aryl methyl sites for hydroxylation is 2. The van der Waals surface area contributed by atoms with E-state index in [1.54, 1.807) is 18.5 Å². The van der Waals surface area contributed by atoms with Crippen molar-refractivity contribution in [3.63, 3.8) is 0 Å². The van der Waals surface area contributed by atoms with Crippen LogP contribution in [0.3, 0.4) is 0 Å². The van der Waals surface area contributed by atoms with Crippen molar-refractivity contribution in [2.24, 2.45) is 0 Å². The fraction of sp³-hybridized carbons (Fsp3) is 0.222. The van der Waals surface area contributed by atoms with Gasteiger partial charge in [0.05, 0.1) is 41.6 Å². The molecule has 1 aromatic carbocycles. The second-order valence-electron chi connectivity index (χ2n) is 9.24. The van der Waals surface area contributed by atoms with Gasteiger partial charge in [0.25, 0.3) is 0 Å². The van der Waals surface area contributed by atoms with E-state index in [9.17, 15) is 8.42 Å². The van der Waals surface area contributed by atoms with Crippen molar-refractivity contribution in [2.45, 2.75) is 32.9 Å². The van der Waals surface area contributed by atoms with Gasteiger partial charge in [-0.25, -0.2) is 8.42 Å². The Morgan fingerprint density at radius 1 is 1.00 bits per heavy atom. The number of anilines is 2. The summed E-state index contributed by atoms with van der Waals surface area (Å²) in [7, 11) is -3.39. The number of pyridine rings is 2. The molecule has 4 heterocycles. The Kier molecular flexibility index (Phi) is 6.47. The minimum atomic E-state index is -3.39. The molecule has 8 nitrogen and oxygen atoms in total. The molecule has 0 bridgehead atoms. The second kappa shape index (κ2) is 9.60. The van der Waals surface area contributed by atoms with Crippen molar-refractivity contribution >= 4 is 38.7 Å². The maximum Gasteiger partial charge on any atom is 0.229 e. The number of benzene rings is 1. The molecule has 10 heteroatoms. The zero-order chi connectivity index (χ0) is 26.3. The van der Waals surface area contributed by atoms with E-state index in [2.05, 4.69) is 49.4 Å². The van der Waals surface area contributed by atoms with Crippen LogP contribution in [0.25, 0.3) is 5.69 Å². The average molecular weight is 533 g/mol. The molecule has 1 fully saturated rings. The summed E-state index contributed by atoms with van der Waals surface area (Å²) in [5, 5.41) is 4.08. The van der Waals surface area contributed by atoms with E-state index < -0.39 is 10.0 Å². The molecule has 0 amide bonds. The summed E-state index contributed by atoms with van der Waals surface area (Å²) >= 11 is 5.88. The van der Waals surface area contributed by atoms with Crippen LogP contribution >= 0.6 is 12.2 Å². The molecule has 0 unspecified atom stereocenters. The number of nitrogens with one attached hydrogen (secondary N) is 2. The number of hydrogen-bond donors (Lipinski definition) is 2. The van der Waals surface area contributed by atoms with Gasteiger partial charge in [0.1, 0.15) is 0 Å². The molecule has 1 aliphatic rings. The quantitative estimate of drug-likeness (QED) is 0.347. The molecule has 5 rings (SSSR count). The summed E-state index contributed by atoms with van der Waals surface area (Å²) in [6.45, 7) is 6.07. The molecule has 1 aliphatic heterocycles. The summed E-state index contributed by atoms with van der Waals surface area (Å²) in [5.74, 6) is 0. The van der Waals surface area contributed by atoms with Gasteiger partial charge in [0.2, 0.25) is 10.0 Å². The Balaban J connectivity index is 1.65. The van der Waals surface area contributed by atoms with Gasteiger partial charge in [-0.3, -0.25) is 14.7 Å². The predicted molar refractivity (Wildman–Crippen MR) is 151 cm³/mol. The normalized spacial score (nSPS) is 17.6. The highest BCUT2D eigenvalue weighted by molar-refractivity contribution is 7.92. The van der Waals surface area contributed by atoms with Gasteiger partial charge in [-0.1, -0.05) is 6.07 Å². The lowest BCUT2D eigenvalue weighted by atomic mass is 9.96. The van der Waals surface area contributed by atoms with Crippen molar-refractivity contribution in [2.75, 3.05) is 15.9 Å². The number of nitrogens with zero attached hydrogens (tertiary/aromatic N) is 4. The molecule has 1 saturated heterocycles. The topological polar surface area (TPSA) is 92.2 Å². The lowest BCUT2D eigenvalue weighted by Crippen LogP contribution is -2.29. The lowest BCUT2D eigenvalue weighted by Gasteiger charge is -2.29. The molecule has 2 N–H and O–H groups in total. The Morgan fingerprint density at radius 2 is 1.81 bits per heavy atom. The SMILES string of the molecule is Cc1cc(N2C(=S)N[C@H](c3ccccn3)[C@@H]2c2cc(C)n(-c3cccnc3)c2C)ccc1NS(C)(=O)=O. The van der Waals surface area contributed by atoms with Gasteiger partial charge in [-0.15, -0.1) is 0 Å². The fourth-order valence-electron chi connectivity index (χ4n) is 5.03. The zero-order valence-electron chi connectivity index (χ0n) is 21.0. The van der Waals surface area contributed by atoms with Crippen molar-refractivity contribution in [3.8, 4) is 5.69 Å². The molecule has 2 atom stereocenters. The molecular weight excluding hydrogens is 504 g/mol. The fourth-order valence-corrected chi connectivity index (χ4v) is 6.01. The number of rotatable bonds is 6. The summed E-state index contributed by atoms with van der Waals surface area (Å²) in [6.07, 6.45) is 6.55. The van der Waals surface area contributed by atoms with Gasteiger partial charge in [0.15, 0.2) is 5.11 Å². The maximum atomic E-state index is 11.8. The smallest absolute Gasteiger partial charge is 0.229 e. The monoisotopic (exact) mass is 532 g/mol. The van der Waals surface area contributed by atoms with E-state index in [1.807, 2.05) is 55.6 Å². The summed E-state index contributed by atoms with van der Waals surface area (Å²) in [4.78, 5) is 11.1. The van der Waals surface area contributed by atoms with E-state index in [1.165, 1.54) is 0 Å². The highest BCUT2D eigenvalue weighted by Gasteiger charge is 2.42. The molecule has 3 aromatic heterocycles. The lowest BCUT2D eigenvalue weighted by molar-refractivity contribution is 0.565. The third-order valence-corrected chi connectivity index (χ3v) is 7.48. The minimum Gasteiger partial charge on any atom is -0.351 e. The molecule has 37 heavy (non-hydrogen) atoms. The van der Waals surface area contributed by atoms with Crippen LogP contribution < -0.4 is 14.9 Å². The van der Waals surface area contributed by atoms with Crippen molar-refractivity contribution in [1.82, 2.24) is 19.9 Å². The first-order valence-electron chi connectivity index (χ1n) is 11.8. The summed E-state index contributed by atoms with van der Waals surface area (Å²) in [6, 6.07) is 17.3. The van der Waals surface area contributed by atoms with Gasteiger partial charge in [-0.05, 0) is 92.6 Å². The predicted octanol–water partition coefficient (Wildman–Crippen LogP) is 4.74. The van der Waals surface area contributed by atoms with E-state index in [4.69, 9.17) is 12.2 Å². The van der Waals surface area contributed by atoms with Crippen LogP contribution in [0.1, 0.15) is 40.3 Å². The standard InChI is InChI=1S/C27H28N6O2S2/c1-17-14-20(10-11-23(17)31-37(4,34)35)33-26(25(30-27(33)36)24-9-5-6-13-29-24)22-15-18(2)32(19(22)3)21-8-7-12-28-16-21/h5-16,25-26,31H,1-4H3,(H,30,36)/t25-,26+/m1/s1. The number of aromatic nitrogens is 3. The second-order valence-corrected chi connectivity index (χ2v) is 11.4. The van der Waals surface area contributed by atoms with Crippen LogP contribution in [0.2, 0.25) is 0 Å². The number of sulfonamides is 1. The highest BCUT2D eigenvalue weighted by Crippen LogP contribution is 2.44. The number of hydrogen-bond acceptors (Lipinski definition) is 5. The minimum absolute atomic E-state index is 0.188. The van der Waals surface area contributed by atoms with Crippen LogP contribution in [0.5, 0.6) is 0 Å². The van der Waals surface area contributed by atoms with E-state index in [0.717, 1.165) is 45.8 Å². The van der Waals surface area contributed by atoms with Crippen LogP contribution in [-0.4, -0.2) is 34.3 Å². The first-order valence-corrected chi connectivity index (χ1v) is 14.1. The van der Waals surface area contributed by atoms with Crippen LogP contribution in [-0.2, 0) is 10.0 Å². The molecule has 0 spiro atoms. The molecular formula is C27H28N6O2S2. The Hall–Kier alpha value is -3.76. The van der Waals surface area contributed by atoms with Crippen molar-refractivity contribution in [1.29, 1.82) is 0 Å². The van der Waals surface area contributed by atoms with Crippen LogP contribution in [0.4, 0.5) is 11.4 Å². The van der Waals surface area contributed by atoms with Crippen LogP contribution in [0.15, 0.2) is 73.2 Å². The Labute approximate surface area is 222 Å². The van der Waals surface area contributed by atoms with Gasteiger partial charge >= 0.3 is 0 Å². The number of thiocarbonyl (C=S) groups is 1. The first kappa shape index (κ1) is 24.9. The van der Waals surface area contributed by atoms with E-state index >= 15 is 0 Å². The van der Waals surface area contributed by atoms with Crippen LogP contribution in [0, 0.1) is 20.8 Å². The maximum absolute atomic E-state index is 11.8. The molecule has 0 aliphatic carbocycles. The van der Waals surface area contributed by atoms with Gasteiger partial charge < -0.3 is 14.8 Å². The highest BCUT2D eigenvalue weighted by atomic mass is 32.2. The Morgan fingerprint density at radius 3 is 2.46 bits per heavy atom. The molecule has 190 valence electrons. The summed E-state index contributed by atoms with van der Waals surface area (Å²) < 4.78 is 28.4. The Bertz CT molecular complexity index is 1570. The first-order chi connectivity index (χ1) is 17.6. The molecule has 4 aromatic rings. The summed E-state index contributed by atoms with van der Waals surface area (Å²) in [5.41, 5.74) is 7.36. The van der Waals surface area contributed by atoms with Crippen molar-refractivity contribution < 1.29 is 8.42 Å². The third kappa shape index (κ3) is 4.82. The van der Waals surface area contributed by atoms with Crippen molar-refractivity contribution in [3.05, 3.63) is 101 Å². The molecule has 0 saturated carbocycles. The zero-order valence-corrected chi connectivity index (χ0v) is 22.6. The van der Waals surface area contributed by atoms with Gasteiger partial charge in [0, 0.05) is 29.5 Å². The third-order valence-electron chi connectivity index (χ3n) is 6.57. The average Bonchev–Trinajstić information content (AvgIpc) is 3.35.